The van der Waals surface area contributed by atoms with Gasteiger partial charge in [0.2, 0.25) is 0 Å². The van der Waals surface area contributed by atoms with Crippen LogP contribution in [0, 0.1) is 23.2 Å². The van der Waals surface area contributed by atoms with Crippen molar-refractivity contribution >= 4 is 5.97 Å². The van der Waals surface area contributed by atoms with Gasteiger partial charge in [-0.1, -0.05) is 32.3 Å². The van der Waals surface area contributed by atoms with Gasteiger partial charge in [-0.2, -0.15) is 0 Å². The summed E-state index contributed by atoms with van der Waals surface area (Å²) in [5.74, 6) is 1.07. The van der Waals surface area contributed by atoms with Gasteiger partial charge in [0.15, 0.2) is 0 Å². The number of methoxy groups -OCH3 is 1. The molecule has 1 N–H and O–H groups in total. The average molecular weight is 367 g/mol. The van der Waals surface area contributed by atoms with Crippen LogP contribution in [0.3, 0.4) is 0 Å². The second kappa shape index (κ2) is 8.88. The Morgan fingerprint density at radius 1 is 1.42 bits per heavy atom. The number of fused-ring (bicyclic) bond motifs is 1. The maximum atomic E-state index is 11.2. The third-order valence-corrected chi connectivity index (χ3v) is 7.04. The summed E-state index contributed by atoms with van der Waals surface area (Å²) in [4.78, 5) is 11.2. The Bertz CT molecular complexity index is 510. The molecule has 0 spiro atoms. The first-order valence-electron chi connectivity index (χ1n) is 10.3. The highest BCUT2D eigenvalue weighted by Gasteiger charge is 2.50. The van der Waals surface area contributed by atoms with Crippen molar-refractivity contribution in [3.63, 3.8) is 0 Å². The molecule has 0 heterocycles. The van der Waals surface area contributed by atoms with Gasteiger partial charge in [0.25, 0.3) is 0 Å². The highest BCUT2D eigenvalue weighted by Crippen LogP contribution is 2.59. The molecule has 2 rings (SSSR count). The lowest BCUT2D eigenvalue weighted by Crippen LogP contribution is -2.36. The zero-order valence-electron chi connectivity index (χ0n) is 17.3. The minimum atomic E-state index is -0.779. The molecule has 4 nitrogen and oxygen atoms in total. The third-order valence-electron chi connectivity index (χ3n) is 7.04. The van der Waals surface area contributed by atoms with Crippen LogP contribution in [0.15, 0.2) is 11.6 Å². The summed E-state index contributed by atoms with van der Waals surface area (Å²) in [7, 11) is 1.66. The van der Waals surface area contributed by atoms with E-state index in [1.165, 1.54) is 30.9 Å². The van der Waals surface area contributed by atoms with E-state index in [9.17, 15) is 9.90 Å². The zero-order valence-corrected chi connectivity index (χ0v) is 17.3. The summed E-state index contributed by atoms with van der Waals surface area (Å²) in [5.41, 5.74) is 1.33. The molecule has 0 aromatic carbocycles. The molecule has 0 bridgehead atoms. The first-order chi connectivity index (χ1) is 12.2. The Kier molecular flexibility index (Phi) is 7.32. The highest BCUT2D eigenvalue weighted by molar-refractivity contribution is 5.80. The van der Waals surface area contributed by atoms with Gasteiger partial charge < -0.3 is 14.6 Å². The Morgan fingerprint density at radius 2 is 2.15 bits per heavy atom. The molecule has 26 heavy (non-hydrogen) atoms. The minimum absolute atomic E-state index is 0.139. The largest absolute Gasteiger partial charge is 0.478 e. The van der Waals surface area contributed by atoms with Crippen molar-refractivity contribution in [2.75, 3.05) is 13.9 Å². The van der Waals surface area contributed by atoms with Gasteiger partial charge in [-0.3, -0.25) is 0 Å². The van der Waals surface area contributed by atoms with Crippen molar-refractivity contribution in [2.45, 2.75) is 84.7 Å². The summed E-state index contributed by atoms with van der Waals surface area (Å²) < 4.78 is 10.8. The van der Waals surface area contributed by atoms with E-state index in [2.05, 4.69) is 27.7 Å². The van der Waals surface area contributed by atoms with Crippen molar-refractivity contribution in [3.8, 4) is 0 Å². The lowest BCUT2D eigenvalue weighted by atomic mass is 9.60. The smallest absolute Gasteiger partial charge is 0.328 e. The van der Waals surface area contributed by atoms with Crippen LogP contribution in [0.4, 0.5) is 0 Å². The standard InChI is InChI=1S/C22H38O4/c1-16(8-6-12-21(2,3)26-15-25-5)18-10-11-19-17(14-20(23)24)9-7-13-22(18,19)4/h14,16,18-19H,6-13,15H2,1-5H3,(H,23,24)/b17-14+/t16-,18-,19?,22-/m1/s1. The number of carboxylic acids is 1. The maximum Gasteiger partial charge on any atom is 0.328 e. The van der Waals surface area contributed by atoms with E-state index >= 15 is 0 Å². The van der Waals surface area contributed by atoms with Gasteiger partial charge in [0.05, 0.1) is 5.60 Å². The van der Waals surface area contributed by atoms with E-state index in [-0.39, 0.29) is 11.0 Å². The molecular weight excluding hydrogens is 328 g/mol. The maximum absolute atomic E-state index is 11.2. The van der Waals surface area contributed by atoms with Gasteiger partial charge >= 0.3 is 5.97 Å². The van der Waals surface area contributed by atoms with Crippen molar-refractivity contribution in [1.29, 1.82) is 0 Å². The zero-order chi connectivity index (χ0) is 19.4. The fourth-order valence-electron chi connectivity index (χ4n) is 5.69. The molecule has 4 atom stereocenters. The van der Waals surface area contributed by atoms with Crippen molar-refractivity contribution in [2.24, 2.45) is 23.2 Å². The summed E-state index contributed by atoms with van der Waals surface area (Å²) >= 11 is 0. The second-order valence-corrected chi connectivity index (χ2v) is 9.33. The van der Waals surface area contributed by atoms with E-state index in [1.54, 1.807) is 7.11 Å². The number of carboxylic acid groups (broad SMARTS) is 1. The van der Waals surface area contributed by atoms with Crippen LogP contribution in [0.25, 0.3) is 0 Å². The number of allylic oxidation sites excluding steroid dienone is 1. The molecule has 0 radical (unpaired) electrons. The first kappa shape index (κ1) is 21.4. The van der Waals surface area contributed by atoms with Crippen molar-refractivity contribution < 1.29 is 19.4 Å². The molecule has 150 valence electrons. The second-order valence-electron chi connectivity index (χ2n) is 9.33. The number of ether oxygens (including phenoxy) is 2. The van der Waals surface area contributed by atoms with Gasteiger partial charge in [0.1, 0.15) is 6.79 Å². The minimum Gasteiger partial charge on any atom is -0.478 e. The molecule has 2 aliphatic carbocycles. The van der Waals surface area contributed by atoms with E-state index in [0.717, 1.165) is 32.1 Å². The summed E-state index contributed by atoms with van der Waals surface area (Å²) in [6.07, 6.45) is 10.7. The summed E-state index contributed by atoms with van der Waals surface area (Å²) in [5, 5.41) is 9.20. The topological polar surface area (TPSA) is 55.8 Å². The number of carbonyl (C=O) groups is 1. The molecule has 2 fully saturated rings. The van der Waals surface area contributed by atoms with Crippen LogP contribution in [-0.4, -0.2) is 30.6 Å². The van der Waals surface area contributed by atoms with Gasteiger partial charge in [-0.15, -0.1) is 0 Å². The average Bonchev–Trinajstić information content (AvgIpc) is 2.90. The molecule has 0 aliphatic heterocycles. The molecule has 1 unspecified atom stereocenters. The Balaban J connectivity index is 1.93. The molecule has 2 aliphatic rings. The van der Waals surface area contributed by atoms with E-state index in [1.807, 2.05) is 0 Å². The summed E-state index contributed by atoms with van der Waals surface area (Å²) in [6.45, 7) is 9.44. The Hall–Kier alpha value is -0.870. The van der Waals surface area contributed by atoms with Gasteiger partial charge in [-0.25, -0.2) is 4.79 Å². The number of aliphatic carboxylic acids is 1. The van der Waals surface area contributed by atoms with Crippen LogP contribution in [0.5, 0.6) is 0 Å². The Labute approximate surface area is 159 Å². The lowest BCUT2D eigenvalue weighted by Gasteiger charge is -2.44. The third kappa shape index (κ3) is 5.10. The first-order valence-corrected chi connectivity index (χ1v) is 10.3. The fourth-order valence-corrected chi connectivity index (χ4v) is 5.69. The number of hydrogen-bond donors (Lipinski definition) is 1. The molecule has 0 aromatic rings. The van der Waals surface area contributed by atoms with Crippen molar-refractivity contribution in [3.05, 3.63) is 11.6 Å². The molecule has 0 aromatic heterocycles. The molecule has 4 heteroatoms. The molecule has 0 amide bonds. The van der Waals surface area contributed by atoms with Crippen LogP contribution < -0.4 is 0 Å². The van der Waals surface area contributed by atoms with E-state index < -0.39 is 5.97 Å². The predicted octanol–water partition coefficient (Wildman–Crippen LogP) is 5.42. The number of hydrogen-bond acceptors (Lipinski definition) is 3. The van der Waals surface area contributed by atoms with Crippen LogP contribution in [-0.2, 0) is 14.3 Å². The van der Waals surface area contributed by atoms with Gasteiger partial charge in [-0.05, 0) is 75.5 Å². The van der Waals surface area contributed by atoms with Crippen LogP contribution >= 0.6 is 0 Å². The molecule has 2 saturated carbocycles. The molecule has 0 saturated heterocycles. The molecular formula is C22H38O4. The fraction of sp³-hybridized carbons (Fsp3) is 0.864. The van der Waals surface area contributed by atoms with Crippen LogP contribution in [0.2, 0.25) is 0 Å². The highest BCUT2D eigenvalue weighted by atomic mass is 16.7. The normalized spacial score (nSPS) is 31.8. The Morgan fingerprint density at radius 3 is 2.81 bits per heavy atom. The SMILES string of the molecule is COCOC(C)(C)CCC[C@@H](C)[C@H]1CCC2/C(=C/C(=O)O)CCC[C@@]21C. The number of rotatable bonds is 9. The monoisotopic (exact) mass is 366 g/mol. The summed E-state index contributed by atoms with van der Waals surface area (Å²) in [6, 6.07) is 0. The van der Waals surface area contributed by atoms with Crippen LogP contribution in [0.1, 0.15) is 79.1 Å². The van der Waals surface area contributed by atoms with Crippen molar-refractivity contribution in [1.82, 2.24) is 0 Å². The quantitative estimate of drug-likeness (QED) is 0.437. The van der Waals surface area contributed by atoms with E-state index in [4.69, 9.17) is 9.47 Å². The van der Waals surface area contributed by atoms with Gasteiger partial charge in [0, 0.05) is 13.2 Å². The predicted molar refractivity (Wildman–Crippen MR) is 104 cm³/mol. The van der Waals surface area contributed by atoms with E-state index in [0.29, 0.717) is 24.5 Å². The lowest BCUT2D eigenvalue weighted by molar-refractivity contribution is -0.131.